The van der Waals surface area contributed by atoms with Gasteiger partial charge in [0.25, 0.3) is 0 Å². The number of Topliss-reactive ketones (excluding diaryl/α,β-unsaturated/α-hetero) is 1. The fourth-order valence-electron chi connectivity index (χ4n) is 1.68. The summed E-state index contributed by atoms with van der Waals surface area (Å²) >= 11 is 0. The molecule has 108 valence electrons. The summed E-state index contributed by atoms with van der Waals surface area (Å²) in [5.41, 5.74) is 3.72. The van der Waals surface area contributed by atoms with Crippen LogP contribution in [0.3, 0.4) is 0 Å². The molecule has 0 bridgehead atoms. The molecule has 1 heterocycles. The molecule has 0 atom stereocenters. The first-order valence-electron chi connectivity index (χ1n) is 6.34. The normalized spacial score (nSPS) is 11.2. The van der Waals surface area contributed by atoms with Crippen LogP contribution in [0.25, 0.3) is 0 Å². The van der Waals surface area contributed by atoms with E-state index < -0.39 is 5.82 Å². The Kier molecular flexibility index (Phi) is 5.11. The average molecular weight is 287 g/mol. The number of carbonyl (C=O) groups is 1. The van der Waals surface area contributed by atoms with Crippen molar-refractivity contribution in [3.63, 3.8) is 0 Å². The summed E-state index contributed by atoms with van der Waals surface area (Å²) < 4.78 is 12.9. The Morgan fingerprint density at radius 2 is 1.81 bits per heavy atom. The average Bonchev–Trinajstić information content (AvgIpc) is 2.53. The Labute approximate surface area is 121 Å². The number of hydrazone groups is 1. The number of nitrogens with zero attached hydrogens (tertiary/aromatic N) is 2. The molecular formula is C15H14FN3O2. The van der Waals surface area contributed by atoms with Gasteiger partial charge < -0.3 is 10.5 Å². The zero-order valence-corrected chi connectivity index (χ0v) is 11.2. The Hall–Kier alpha value is -2.60. The molecule has 21 heavy (non-hydrogen) atoms. The van der Waals surface area contributed by atoms with Crippen LogP contribution in [0, 0.1) is 5.82 Å². The lowest BCUT2D eigenvalue weighted by Gasteiger charge is -2.07. The smallest absolute Gasteiger partial charge is 0.213 e. The van der Waals surface area contributed by atoms with E-state index in [2.05, 4.69) is 15.5 Å². The number of aliphatic hydroxyl groups is 1. The number of hydrogen-bond donors (Lipinski definition) is 2. The summed E-state index contributed by atoms with van der Waals surface area (Å²) in [6.07, 6.45) is 3.10. The number of aromatic nitrogens is 1. The number of benzene rings is 1. The van der Waals surface area contributed by atoms with Crippen LogP contribution < -0.4 is 5.43 Å². The Balaban J connectivity index is 2.33. The number of carbonyl (C=O) groups excluding carboxylic acids is 1. The Morgan fingerprint density at radius 3 is 2.43 bits per heavy atom. The third-order valence-electron chi connectivity index (χ3n) is 2.69. The maximum Gasteiger partial charge on any atom is 0.213 e. The van der Waals surface area contributed by atoms with Gasteiger partial charge >= 0.3 is 0 Å². The number of ketones is 1. The second-order valence-corrected chi connectivity index (χ2v) is 4.16. The summed E-state index contributed by atoms with van der Waals surface area (Å²) in [5.74, 6) is -0.751. The highest BCUT2D eigenvalue weighted by molar-refractivity contribution is 6.51. The van der Waals surface area contributed by atoms with E-state index in [1.165, 1.54) is 24.3 Å². The first-order chi connectivity index (χ1) is 10.2. The number of pyridine rings is 1. The van der Waals surface area contributed by atoms with Crippen molar-refractivity contribution < 1.29 is 14.3 Å². The largest absolute Gasteiger partial charge is 0.394 e. The van der Waals surface area contributed by atoms with Gasteiger partial charge in [-0.3, -0.25) is 9.78 Å². The molecule has 2 N–H and O–H groups in total. The van der Waals surface area contributed by atoms with Gasteiger partial charge in [-0.25, -0.2) is 4.39 Å². The minimum Gasteiger partial charge on any atom is -0.394 e. The molecule has 0 aliphatic rings. The SMILES string of the molecule is O=C(/C(=N/NCCO)c1ccncc1)c1ccc(F)cc1. The van der Waals surface area contributed by atoms with Crippen molar-refractivity contribution in [2.24, 2.45) is 5.10 Å². The molecule has 6 heteroatoms. The molecule has 0 saturated heterocycles. The number of rotatable bonds is 6. The van der Waals surface area contributed by atoms with Crippen molar-refractivity contribution in [3.05, 3.63) is 65.7 Å². The van der Waals surface area contributed by atoms with Crippen molar-refractivity contribution in [3.8, 4) is 0 Å². The second kappa shape index (κ2) is 7.25. The fraction of sp³-hybridized carbons (Fsp3) is 0.133. The van der Waals surface area contributed by atoms with Crippen LogP contribution in [-0.4, -0.2) is 34.7 Å². The van der Waals surface area contributed by atoms with Gasteiger partial charge in [0.15, 0.2) is 0 Å². The standard InChI is InChI=1S/C15H14FN3O2/c16-13-3-1-12(2-4-13)15(21)14(19-18-9-10-20)11-5-7-17-8-6-11/h1-8,18,20H,9-10H2/b19-14+. The third-order valence-corrected chi connectivity index (χ3v) is 2.69. The number of nitrogens with one attached hydrogen (secondary N) is 1. The third kappa shape index (κ3) is 3.93. The van der Waals surface area contributed by atoms with Crippen LogP contribution in [0.15, 0.2) is 53.9 Å². The van der Waals surface area contributed by atoms with Crippen LogP contribution in [0.2, 0.25) is 0 Å². The highest BCUT2D eigenvalue weighted by Gasteiger charge is 2.16. The highest BCUT2D eigenvalue weighted by atomic mass is 19.1. The number of aliphatic hydroxyl groups excluding tert-OH is 1. The maximum absolute atomic E-state index is 12.9. The monoisotopic (exact) mass is 287 g/mol. The van der Waals surface area contributed by atoms with Gasteiger partial charge in [-0.1, -0.05) is 0 Å². The van der Waals surface area contributed by atoms with Crippen molar-refractivity contribution in [2.75, 3.05) is 13.2 Å². The zero-order chi connectivity index (χ0) is 15.1. The van der Waals surface area contributed by atoms with Crippen LogP contribution in [0.5, 0.6) is 0 Å². The molecule has 2 aromatic rings. The van der Waals surface area contributed by atoms with Crippen molar-refractivity contribution in [1.82, 2.24) is 10.4 Å². The van der Waals surface area contributed by atoms with E-state index in [9.17, 15) is 9.18 Å². The first-order valence-corrected chi connectivity index (χ1v) is 6.34. The molecule has 0 unspecified atom stereocenters. The summed E-state index contributed by atoms with van der Waals surface area (Å²) in [6, 6.07) is 8.56. The van der Waals surface area contributed by atoms with E-state index in [1.807, 2.05) is 0 Å². The number of hydrogen-bond acceptors (Lipinski definition) is 5. The van der Waals surface area contributed by atoms with Crippen molar-refractivity contribution >= 4 is 11.5 Å². The van der Waals surface area contributed by atoms with E-state index in [-0.39, 0.29) is 24.6 Å². The van der Waals surface area contributed by atoms with Crippen molar-refractivity contribution in [1.29, 1.82) is 0 Å². The molecule has 2 rings (SSSR count). The van der Waals surface area contributed by atoms with Gasteiger partial charge in [0.1, 0.15) is 11.5 Å². The predicted octanol–water partition coefficient (Wildman–Crippen LogP) is 1.39. The predicted molar refractivity (Wildman–Crippen MR) is 76.6 cm³/mol. The molecule has 5 nitrogen and oxygen atoms in total. The van der Waals surface area contributed by atoms with Gasteiger partial charge in [-0.2, -0.15) is 5.10 Å². The molecule has 0 amide bonds. The van der Waals surface area contributed by atoms with E-state index in [0.29, 0.717) is 11.1 Å². The minimum absolute atomic E-state index is 0.0993. The Bertz CT molecular complexity index is 627. The van der Waals surface area contributed by atoms with Crippen LogP contribution in [0.4, 0.5) is 4.39 Å². The summed E-state index contributed by atoms with van der Waals surface area (Å²) in [5, 5.41) is 12.8. The van der Waals surface area contributed by atoms with E-state index >= 15 is 0 Å². The lowest BCUT2D eigenvalue weighted by Crippen LogP contribution is -2.22. The molecule has 0 spiro atoms. The first kappa shape index (κ1) is 14.8. The molecular weight excluding hydrogens is 273 g/mol. The zero-order valence-electron chi connectivity index (χ0n) is 11.2. The van der Waals surface area contributed by atoms with Gasteiger partial charge in [0, 0.05) is 23.5 Å². The lowest BCUT2D eigenvalue weighted by molar-refractivity contribution is 0.106. The lowest BCUT2D eigenvalue weighted by atomic mass is 10.0. The van der Waals surface area contributed by atoms with Gasteiger partial charge in [0.05, 0.1) is 13.2 Å². The van der Waals surface area contributed by atoms with Crippen LogP contribution in [0.1, 0.15) is 15.9 Å². The Morgan fingerprint density at radius 1 is 1.14 bits per heavy atom. The topological polar surface area (TPSA) is 74.6 Å². The molecule has 0 fully saturated rings. The van der Waals surface area contributed by atoms with Gasteiger partial charge in [0.2, 0.25) is 5.78 Å². The minimum atomic E-state index is -0.410. The summed E-state index contributed by atoms with van der Waals surface area (Å²) in [6.45, 7) is 0.128. The van der Waals surface area contributed by atoms with E-state index in [0.717, 1.165) is 0 Å². The molecule has 1 aromatic heterocycles. The molecule has 0 saturated carbocycles. The quantitative estimate of drug-likeness (QED) is 0.364. The van der Waals surface area contributed by atoms with E-state index in [1.54, 1.807) is 24.5 Å². The summed E-state index contributed by atoms with van der Waals surface area (Å²) in [4.78, 5) is 16.4. The fourth-order valence-corrected chi connectivity index (χ4v) is 1.68. The molecule has 1 aromatic carbocycles. The molecule has 0 aliphatic heterocycles. The molecule has 0 aliphatic carbocycles. The van der Waals surface area contributed by atoms with Gasteiger partial charge in [-0.15, -0.1) is 0 Å². The number of halogens is 1. The van der Waals surface area contributed by atoms with Gasteiger partial charge in [-0.05, 0) is 36.4 Å². The second-order valence-electron chi connectivity index (χ2n) is 4.16. The van der Waals surface area contributed by atoms with Crippen molar-refractivity contribution in [2.45, 2.75) is 0 Å². The van der Waals surface area contributed by atoms with E-state index in [4.69, 9.17) is 5.11 Å². The highest BCUT2D eigenvalue weighted by Crippen LogP contribution is 2.09. The molecule has 0 radical (unpaired) electrons. The maximum atomic E-state index is 12.9. The van der Waals surface area contributed by atoms with Crippen LogP contribution >= 0.6 is 0 Å². The van der Waals surface area contributed by atoms with Crippen LogP contribution in [-0.2, 0) is 0 Å². The summed E-state index contributed by atoms with van der Waals surface area (Å²) in [7, 11) is 0.